The summed E-state index contributed by atoms with van der Waals surface area (Å²) >= 11 is 6.97. The molecule has 2 aromatic rings. The fraction of sp³-hybridized carbons (Fsp3) is 0.133. The second-order valence-electron chi connectivity index (χ2n) is 3.90. The fourth-order valence-corrected chi connectivity index (χ4v) is 2.46. The van der Waals surface area contributed by atoms with E-state index < -0.39 is 0 Å². The van der Waals surface area contributed by atoms with Crippen LogP contribution in [0, 0.1) is 0 Å². The second kappa shape index (κ2) is 9.78. The average Bonchev–Trinajstić information content (AvgIpc) is 2.45. The average molecular weight is 316 g/mol. The van der Waals surface area contributed by atoms with Crippen LogP contribution < -0.4 is 5.32 Å². The van der Waals surface area contributed by atoms with E-state index in [4.69, 9.17) is 12.2 Å². The van der Waals surface area contributed by atoms with Gasteiger partial charge in [-0.3, -0.25) is 0 Å². The van der Waals surface area contributed by atoms with E-state index in [1.807, 2.05) is 24.3 Å². The summed E-state index contributed by atoms with van der Waals surface area (Å²) < 4.78 is 0.850. The molecule has 0 heterocycles. The topological polar surface area (TPSA) is 12.0 Å². The standard InChI is InChI=1S/C15H15NS2.Ca.2H/c17-15(16-11-13-7-3-1-4-8-13)18-12-14-9-5-2-6-10-14;;;/h1-10H,11-12H2,(H,16,17);;;. The Hall–Kier alpha value is -0.0603. The molecule has 0 saturated carbocycles. The van der Waals surface area contributed by atoms with Crippen LogP contribution >= 0.6 is 24.0 Å². The molecule has 0 aliphatic carbocycles. The number of benzene rings is 2. The minimum absolute atomic E-state index is 0. The van der Waals surface area contributed by atoms with E-state index >= 15 is 0 Å². The Bertz CT molecular complexity index is 443. The zero-order valence-corrected chi connectivity index (χ0v) is 11.6. The first-order valence-corrected chi connectivity index (χ1v) is 7.22. The molecule has 2 aromatic carbocycles. The third-order valence-corrected chi connectivity index (χ3v) is 3.87. The monoisotopic (exact) mass is 315 g/mol. The van der Waals surface area contributed by atoms with Crippen molar-refractivity contribution in [3.05, 3.63) is 71.8 Å². The van der Waals surface area contributed by atoms with Gasteiger partial charge in [-0.15, -0.1) is 0 Å². The molecule has 0 fully saturated rings. The Kier molecular flexibility index (Phi) is 8.75. The van der Waals surface area contributed by atoms with Crippen LogP contribution in [-0.2, 0) is 12.3 Å². The van der Waals surface area contributed by atoms with Crippen molar-refractivity contribution in [3.63, 3.8) is 0 Å². The van der Waals surface area contributed by atoms with Crippen LogP contribution in [0.15, 0.2) is 60.7 Å². The molecule has 1 N–H and O–H groups in total. The fourth-order valence-electron chi connectivity index (χ4n) is 1.54. The van der Waals surface area contributed by atoms with Crippen LogP contribution in [0.25, 0.3) is 0 Å². The Morgan fingerprint density at radius 3 is 2.00 bits per heavy atom. The summed E-state index contributed by atoms with van der Waals surface area (Å²) in [7, 11) is 0. The van der Waals surface area contributed by atoms with Gasteiger partial charge in [0.15, 0.2) is 0 Å². The van der Waals surface area contributed by atoms with E-state index in [1.165, 1.54) is 11.1 Å². The van der Waals surface area contributed by atoms with Crippen LogP contribution in [0.1, 0.15) is 11.1 Å². The normalized spacial score (nSPS) is 9.47. The van der Waals surface area contributed by atoms with Gasteiger partial charge in [-0.05, 0) is 11.1 Å². The molecular weight excluding hydrogens is 298 g/mol. The third kappa shape index (κ3) is 6.77. The van der Waals surface area contributed by atoms with E-state index in [-0.39, 0.29) is 37.7 Å². The van der Waals surface area contributed by atoms with Crippen molar-refractivity contribution >= 4 is 66.0 Å². The van der Waals surface area contributed by atoms with Gasteiger partial charge in [-0.2, -0.15) is 0 Å². The molecule has 0 bridgehead atoms. The first kappa shape index (κ1) is 17.0. The van der Waals surface area contributed by atoms with Crippen molar-refractivity contribution in [3.8, 4) is 0 Å². The molecule has 0 radical (unpaired) electrons. The van der Waals surface area contributed by atoms with Crippen LogP contribution in [0.4, 0.5) is 0 Å². The predicted molar refractivity (Wildman–Crippen MR) is 92.2 cm³/mol. The molecule has 0 aliphatic heterocycles. The van der Waals surface area contributed by atoms with E-state index in [0.29, 0.717) is 0 Å². The van der Waals surface area contributed by atoms with E-state index in [2.05, 4.69) is 41.7 Å². The molecule has 0 spiro atoms. The Labute approximate surface area is 154 Å². The van der Waals surface area contributed by atoms with Gasteiger partial charge in [0.2, 0.25) is 0 Å². The molecule has 96 valence electrons. The summed E-state index contributed by atoms with van der Waals surface area (Å²) in [5, 5.41) is 3.26. The third-order valence-electron chi connectivity index (χ3n) is 2.49. The summed E-state index contributed by atoms with van der Waals surface area (Å²) in [5.74, 6) is 0.918. The van der Waals surface area contributed by atoms with Gasteiger partial charge in [0, 0.05) is 12.3 Å². The number of hydrogen-bond donors (Lipinski definition) is 1. The van der Waals surface area contributed by atoms with Crippen LogP contribution in [-0.4, -0.2) is 42.1 Å². The van der Waals surface area contributed by atoms with Gasteiger partial charge < -0.3 is 5.32 Å². The van der Waals surface area contributed by atoms with Gasteiger partial charge in [-0.25, -0.2) is 0 Å². The molecule has 0 aromatic heterocycles. The van der Waals surface area contributed by atoms with Gasteiger partial charge in [0.05, 0.1) is 0 Å². The van der Waals surface area contributed by atoms with Crippen LogP contribution in [0.2, 0.25) is 0 Å². The molecule has 4 heteroatoms. The first-order valence-electron chi connectivity index (χ1n) is 5.83. The summed E-state index contributed by atoms with van der Waals surface area (Å²) in [5.41, 5.74) is 2.55. The molecule has 2 rings (SSSR count). The van der Waals surface area contributed by atoms with Crippen LogP contribution in [0.3, 0.4) is 0 Å². The van der Waals surface area contributed by atoms with Gasteiger partial charge in [0.25, 0.3) is 0 Å². The molecule has 19 heavy (non-hydrogen) atoms. The van der Waals surface area contributed by atoms with E-state index in [1.54, 1.807) is 11.8 Å². The van der Waals surface area contributed by atoms with Crippen molar-refractivity contribution in [1.29, 1.82) is 0 Å². The maximum absolute atomic E-state index is 5.30. The molecule has 0 saturated heterocycles. The molecule has 1 nitrogen and oxygen atoms in total. The summed E-state index contributed by atoms with van der Waals surface area (Å²) in [6.07, 6.45) is 0. The molecule has 0 unspecified atom stereocenters. The summed E-state index contributed by atoms with van der Waals surface area (Å²) in [6.45, 7) is 0.793. The number of hydrogen-bond acceptors (Lipinski definition) is 2. The van der Waals surface area contributed by atoms with Gasteiger partial charge >= 0.3 is 37.7 Å². The molecule has 0 aliphatic rings. The van der Waals surface area contributed by atoms with Gasteiger partial charge in [0.1, 0.15) is 4.32 Å². The Balaban J connectivity index is 0.00000180. The Morgan fingerprint density at radius 1 is 0.895 bits per heavy atom. The first-order chi connectivity index (χ1) is 8.84. The number of thiocarbonyl (C=S) groups is 1. The quantitative estimate of drug-likeness (QED) is 0.688. The molecular formula is C15H17CaNS2. The van der Waals surface area contributed by atoms with E-state index in [0.717, 1.165) is 16.6 Å². The zero-order valence-electron chi connectivity index (χ0n) is 10.0. The van der Waals surface area contributed by atoms with Crippen molar-refractivity contribution in [2.75, 3.05) is 0 Å². The SMILES string of the molecule is S=C(NCc1ccccc1)SCc1ccccc1.[CaH2]. The molecule has 0 atom stereocenters. The zero-order chi connectivity index (χ0) is 12.6. The van der Waals surface area contributed by atoms with Crippen molar-refractivity contribution < 1.29 is 0 Å². The maximum atomic E-state index is 5.30. The van der Waals surface area contributed by atoms with Crippen LogP contribution in [0.5, 0.6) is 0 Å². The Morgan fingerprint density at radius 2 is 1.42 bits per heavy atom. The second-order valence-corrected chi connectivity index (χ2v) is 5.55. The van der Waals surface area contributed by atoms with E-state index in [9.17, 15) is 0 Å². The number of thioether (sulfide) groups is 1. The van der Waals surface area contributed by atoms with Gasteiger partial charge in [-0.1, -0.05) is 84.6 Å². The predicted octanol–water partition coefficient (Wildman–Crippen LogP) is 3.08. The summed E-state index contributed by atoms with van der Waals surface area (Å²) in [4.78, 5) is 0. The van der Waals surface area contributed by atoms with Crippen molar-refractivity contribution in [2.24, 2.45) is 0 Å². The number of nitrogens with one attached hydrogen (secondary N) is 1. The van der Waals surface area contributed by atoms with Crippen molar-refractivity contribution in [1.82, 2.24) is 5.32 Å². The van der Waals surface area contributed by atoms with Crippen molar-refractivity contribution in [2.45, 2.75) is 12.3 Å². The molecule has 0 amide bonds. The minimum atomic E-state index is 0. The summed E-state index contributed by atoms with van der Waals surface area (Å²) in [6, 6.07) is 20.7. The number of rotatable bonds is 4.